The van der Waals surface area contributed by atoms with Crippen LogP contribution in [0.5, 0.6) is 0 Å². The van der Waals surface area contributed by atoms with Crippen molar-refractivity contribution in [2.75, 3.05) is 10.2 Å². The fourth-order valence-electron chi connectivity index (χ4n) is 4.89. The van der Waals surface area contributed by atoms with Crippen LogP contribution in [0.15, 0.2) is 53.3 Å². The van der Waals surface area contributed by atoms with Crippen LogP contribution in [0.3, 0.4) is 0 Å². The zero-order valence-electron chi connectivity index (χ0n) is 20.0. The molecule has 4 aromatic rings. The van der Waals surface area contributed by atoms with Gasteiger partial charge in [-0.05, 0) is 77.9 Å². The van der Waals surface area contributed by atoms with Crippen molar-refractivity contribution in [3.8, 4) is 0 Å². The molecule has 184 valence electrons. The van der Waals surface area contributed by atoms with Crippen LogP contribution in [0.1, 0.15) is 45.7 Å². The van der Waals surface area contributed by atoms with Crippen LogP contribution in [0.25, 0.3) is 10.8 Å². The minimum atomic E-state index is -1.19. The average Bonchev–Trinajstić information content (AvgIpc) is 3.25. The van der Waals surface area contributed by atoms with E-state index in [1.807, 2.05) is 32.0 Å². The first-order valence-corrected chi connectivity index (χ1v) is 11.8. The quantitative estimate of drug-likeness (QED) is 0.351. The molecule has 0 spiro atoms. The van der Waals surface area contributed by atoms with Crippen molar-refractivity contribution in [2.45, 2.75) is 33.0 Å². The van der Waals surface area contributed by atoms with E-state index in [0.29, 0.717) is 24.2 Å². The van der Waals surface area contributed by atoms with Crippen molar-refractivity contribution in [2.24, 2.45) is 7.05 Å². The smallest absolute Gasteiger partial charge is 0.356 e. The second kappa shape index (κ2) is 8.95. The molecule has 0 unspecified atom stereocenters. The number of carboxylic acids is 1. The molecule has 36 heavy (non-hydrogen) atoms. The van der Waals surface area contributed by atoms with Crippen LogP contribution >= 0.6 is 11.6 Å². The van der Waals surface area contributed by atoms with Crippen molar-refractivity contribution in [1.29, 1.82) is 0 Å². The number of rotatable bonds is 5. The lowest BCUT2D eigenvalue weighted by Gasteiger charge is -2.24. The Kier molecular flexibility index (Phi) is 5.92. The summed E-state index contributed by atoms with van der Waals surface area (Å²) in [4.78, 5) is 31.2. The Morgan fingerprint density at radius 3 is 2.61 bits per heavy atom. The van der Waals surface area contributed by atoms with E-state index in [1.54, 1.807) is 23.7 Å². The molecule has 0 radical (unpaired) electrons. The average molecular weight is 507 g/mol. The van der Waals surface area contributed by atoms with Gasteiger partial charge in [-0.3, -0.25) is 9.36 Å². The highest BCUT2D eigenvalue weighted by atomic mass is 35.5. The Hall–Kier alpha value is -3.91. The molecule has 1 atom stereocenters. The van der Waals surface area contributed by atoms with Gasteiger partial charge in [-0.2, -0.15) is 0 Å². The second-order valence-corrected chi connectivity index (χ2v) is 9.54. The second-order valence-electron chi connectivity index (χ2n) is 9.15. The number of aromatic nitrogens is 2. The van der Waals surface area contributed by atoms with Crippen molar-refractivity contribution in [3.05, 3.63) is 97.8 Å². The number of nitrogens with zero attached hydrogens (tertiary/aromatic N) is 3. The number of halogens is 2. The highest BCUT2D eigenvalue weighted by Gasteiger charge is 2.24. The van der Waals surface area contributed by atoms with Gasteiger partial charge in [0.2, 0.25) is 0 Å². The highest BCUT2D eigenvalue weighted by Crippen LogP contribution is 2.33. The standard InChI is InChI=1S/C27H24ClFN4O3/c1-14-8-19(15(2)30-22-6-7-23(28)31-25(22)27(35)36)20-11-24(32(3)26(34)21(20)9-14)33-12-16-4-5-18(29)10-17(16)13-33/h4-11,15,30H,12-13H2,1-3H3,(H,35,36)/t15-/m0/s1. The normalized spacial score (nSPS) is 13.6. The summed E-state index contributed by atoms with van der Waals surface area (Å²) in [5.41, 5.74) is 3.70. The number of carboxylic acid groups (broad SMARTS) is 1. The first-order valence-electron chi connectivity index (χ1n) is 11.5. The molecule has 0 fully saturated rings. The lowest BCUT2D eigenvalue weighted by molar-refractivity contribution is 0.0691. The molecule has 3 heterocycles. The highest BCUT2D eigenvalue weighted by molar-refractivity contribution is 6.29. The molecule has 9 heteroatoms. The molecule has 1 aliphatic rings. The first-order chi connectivity index (χ1) is 17.1. The number of anilines is 2. The van der Waals surface area contributed by atoms with Gasteiger partial charge in [0.25, 0.3) is 5.56 Å². The SMILES string of the molecule is Cc1cc([C@H](C)Nc2ccc(Cl)nc2C(=O)O)c2cc(N3Cc4ccc(F)cc4C3)n(C)c(=O)c2c1. The minimum Gasteiger partial charge on any atom is -0.476 e. The lowest BCUT2D eigenvalue weighted by Crippen LogP contribution is -2.27. The first kappa shape index (κ1) is 23.8. The predicted octanol–water partition coefficient (Wildman–Crippen LogP) is 5.43. The molecule has 2 N–H and O–H groups in total. The summed E-state index contributed by atoms with van der Waals surface area (Å²) >= 11 is 5.90. The third kappa shape index (κ3) is 4.18. The molecule has 2 aromatic carbocycles. The van der Waals surface area contributed by atoms with Gasteiger partial charge in [0.1, 0.15) is 16.8 Å². The number of carbonyl (C=O) groups is 1. The molecular formula is C27H24ClFN4O3. The molecule has 1 aliphatic heterocycles. The van der Waals surface area contributed by atoms with Crippen molar-refractivity contribution >= 4 is 39.8 Å². The van der Waals surface area contributed by atoms with Gasteiger partial charge in [-0.15, -0.1) is 0 Å². The molecule has 2 aromatic heterocycles. The summed E-state index contributed by atoms with van der Waals surface area (Å²) in [5, 5.41) is 14.2. The van der Waals surface area contributed by atoms with Crippen LogP contribution in [-0.4, -0.2) is 20.6 Å². The summed E-state index contributed by atoms with van der Waals surface area (Å²) in [7, 11) is 1.74. The van der Waals surface area contributed by atoms with Gasteiger partial charge in [-0.1, -0.05) is 23.7 Å². The van der Waals surface area contributed by atoms with E-state index < -0.39 is 5.97 Å². The summed E-state index contributed by atoms with van der Waals surface area (Å²) in [5.74, 6) is -0.749. The molecule has 0 aliphatic carbocycles. The third-order valence-corrected chi connectivity index (χ3v) is 6.84. The molecule has 0 amide bonds. The Morgan fingerprint density at radius 1 is 1.11 bits per heavy atom. The third-order valence-electron chi connectivity index (χ3n) is 6.63. The lowest BCUT2D eigenvalue weighted by atomic mass is 9.97. The number of nitrogens with one attached hydrogen (secondary N) is 1. The molecule has 7 nitrogen and oxygen atoms in total. The van der Waals surface area contributed by atoms with Gasteiger partial charge >= 0.3 is 5.97 Å². The molecule has 0 bridgehead atoms. The number of aryl methyl sites for hydroxylation is 1. The molecular weight excluding hydrogens is 483 g/mol. The number of aromatic carboxylic acids is 1. The van der Waals surface area contributed by atoms with E-state index in [9.17, 15) is 19.1 Å². The fourth-order valence-corrected chi connectivity index (χ4v) is 5.03. The van der Waals surface area contributed by atoms with E-state index >= 15 is 0 Å². The summed E-state index contributed by atoms with van der Waals surface area (Å²) in [6.07, 6.45) is 0. The topological polar surface area (TPSA) is 87.5 Å². The van der Waals surface area contributed by atoms with E-state index in [4.69, 9.17) is 11.6 Å². The summed E-state index contributed by atoms with van der Waals surface area (Å²) < 4.78 is 15.4. The molecule has 0 saturated carbocycles. The summed E-state index contributed by atoms with van der Waals surface area (Å²) in [6, 6.07) is 13.4. The Balaban J connectivity index is 1.60. The number of fused-ring (bicyclic) bond motifs is 2. The van der Waals surface area contributed by atoms with Gasteiger partial charge in [0.15, 0.2) is 5.69 Å². The summed E-state index contributed by atoms with van der Waals surface area (Å²) in [6.45, 7) is 4.89. The van der Waals surface area contributed by atoms with Gasteiger partial charge < -0.3 is 15.3 Å². The Labute approximate surface area is 211 Å². The van der Waals surface area contributed by atoms with Crippen LogP contribution in [0.2, 0.25) is 5.15 Å². The van der Waals surface area contributed by atoms with Gasteiger partial charge in [-0.25, -0.2) is 14.2 Å². The van der Waals surface area contributed by atoms with Crippen LogP contribution < -0.4 is 15.8 Å². The number of pyridine rings is 2. The van der Waals surface area contributed by atoms with E-state index in [0.717, 1.165) is 33.5 Å². The monoisotopic (exact) mass is 506 g/mol. The Bertz CT molecular complexity index is 1600. The van der Waals surface area contributed by atoms with Crippen molar-refractivity contribution < 1.29 is 14.3 Å². The van der Waals surface area contributed by atoms with Gasteiger partial charge in [0.05, 0.1) is 5.69 Å². The molecule has 0 saturated heterocycles. The van der Waals surface area contributed by atoms with Crippen LogP contribution in [0, 0.1) is 12.7 Å². The van der Waals surface area contributed by atoms with E-state index in [2.05, 4.69) is 15.2 Å². The number of hydrogen-bond acceptors (Lipinski definition) is 5. The molecule has 5 rings (SSSR count). The minimum absolute atomic E-state index is 0.0891. The van der Waals surface area contributed by atoms with Crippen LogP contribution in [0.4, 0.5) is 15.9 Å². The fraction of sp³-hybridized carbons (Fsp3) is 0.222. The van der Waals surface area contributed by atoms with E-state index in [1.165, 1.54) is 18.2 Å². The maximum Gasteiger partial charge on any atom is 0.356 e. The van der Waals surface area contributed by atoms with Crippen molar-refractivity contribution in [3.63, 3.8) is 0 Å². The van der Waals surface area contributed by atoms with E-state index in [-0.39, 0.29) is 28.3 Å². The maximum absolute atomic E-state index is 13.8. The zero-order valence-corrected chi connectivity index (χ0v) is 20.7. The number of benzene rings is 2. The number of hydrogen-bond donors (Lipinski definition) is 2. The predicted molar refractivity (Wildman–Crippen MR) is 138 cm³/mol. The zero-order chi connectivity index (χ0) is 25.7. The van der Waals surface area contributed by atoms with Crippen molar-refractivity contribution in [1.82, 2.24) is 9.55 Å². The van der Waals surface area contributed by atoms with Crippen LogP contribution in [-0.2, 0) is 20.1 Å². The van der Waals surface area contributed by atoms with Gasteiger partial charge in [0, 0.05) is 31.6 Å². The maximum atomic E-state index is 13.8. The Morgan fingerprint density at radius 2 is 1.86 bits per heavy atom. The largest absolute Gasteiger partial charge is 0.476 e.